The highest BCUT2D eigenvalue weighted by Gasteiger charge is 2.15. The van der Waals surface area contributed by atoms with Crippen molar-refractivity contribution in [3.8, 4) is 11.5 Å². The van der Waals surface area contributed by atoms with Crippen LogP contribution in [-0.4, -0.2) is 25.3 Å². The van der Waals surface area contributed by atoms with E-state index < -0.39 is 5.97 Å². The predicted octanol–water partition coefficient (Wildman–Crippen LogP) is 2.70. The van der Waals surface area contributed by atoms with Crippen LogP contribution in [0.2, 0.25) is 0 Å². The number of hydrogen-bond donors (Lipinski definition) is 1. The first-order valence-electron chi connectivity index (χ1n) is 9.59. The number of fused-ring (bicyclic) bond motifs is 2. The molecule has 2 aromatic carbocycles. The van der Waals surface area contributed by atoms with Crippen molar-refractivity contribution in [2.75, 3.05) is 13.4 Å². The van der Waals surface area contributed by atoms with Gasteiger partial charge in [0.1, 0.15) is 0 Å². The zero-order chi connectivity index (χ0) is 19.3. The maximum absolute atomic E-state index is 12.1. The number of aryl methyl sites for hydroxylation is 2. The van der Waals surface area contributed by atoms with Crippen LogP contribution in [0.4, 0.5) is 0 Å². The summed E-state index contributed by atoms with van der Waals surface area (Å²) in [6.07, 6.45) is 4.80. The third-order valence-corrected chi connectivity index (χ3v) is 5.05. The first-order valence-corrected chi connectivity index (χ1v) is 9.59. The van der Waals surface area contributed by atoms with E-state index in [9.17, 15) is 9.59 Å². The van der Waals surface area contributed by atoms with E-state index in [2.05, 4.69) is 17.4 Å². The van der Waals surface area contributed by atoms with Gasteiger partial charge in [0, 0.05) is 6.54 Å². The van der Waals surface area contributed by atoms with Crippen LogP contribution in [0.3, 0.4) is 0 Å². The molecule has 146 valence electrons. The van der Waals surface area contributed by atoms with Crippen LogP contribution < -0.4 is 14.8 Å². The lowest BCUT2D eigenvalue weighted by atomic mass is 9.90. The second kappa shape index (κ2) is 8.33. The van der Waals surface area contributed by atoms with Gasteiger partial charge in [-0.15, -0.1) is 0 Å². The number of hydrogen-bond acceptors (Lipinski definition) is 5. The summed E-state index contributed by atoms with van der Waals surface area (Å²) in [4.78, 5) is 24.0. The fourth-order valence-electron chi connectivity index (χ4n) is 3.56. The summed E-state index contributed by atoms with van der Waals surface area (Å²) in [7, 11) is 0. The van der Waals surface area contributed by atoms with Crippen LogP contribution in [0.25, 0.3) is 0 Å². The van der Waals surface area contributed by atoms with Crippen LogP contribution in [0.5, 0.6) is 11.5 Å². The lowest BCUT2D eigenvalue weighted by molar-refractivity contribution is -0.147. The molecule has 1 aliphatic heterocycles. The van der Waals surface area contributed by atoms with E-state index in [1.54, 1.807) is 0 Å². The molecule has 1 heterocycles. The van der Waals surface area contributed by atoms with Gasteiger partial charge >= 0.3 is 5.97 Å². The molecule has 0 fully saturated rings. The Kier molecular flexibility index (Phi) is 5.46. The first kappa shape index (κ1) is 18.3. The van der Waals surface area contributed by atoms with E-state index in [0.29, 0.717) is 18.0 Å². The van der Waals surface area contributed by atoms with Gasteiger partial charge in [0.05, 0.1) is 6.42 Å². The number of rotatable bonds is 6. The van der Waals surface area contributed by atoms with Gasteiger partial charge in [0.2, 0.25) is 6.79 Å². The number of nitrogens with one attached hydrogen (secondary N) is 1. The number of benzene rings is 2. The number of amides is 1. The van der Waals surface area contributed by atoms with E-state index in [1.165, 1.54) is 24.0 Å². The first-order chi connectivity index (χ1) is 13.7. The maximum Gasteiger partial charge on any atom is 0.310 e. The second-order valence-electron chi connectivity index (χ2n) is 7.11. The topological polar surface area (TPSA) is 73.9 Å². The monoisotopic (exact) mass is 381 g/mol. The van der Waals surface area contributed by atoms with E-state index in [0.717, 1.165) is 24.0 Å². The van der Waals surface area contributed by atoms with Crippen LogP contribution in [0.1, 0.15) is 35.1 Å². The van der Waals surface area contributed by atoms with Crippen molar-refractivity contribution in [1.29, 1.82) is 0 Å². The lowest BCUT2D eigenvalue weighted by Gasteiger charge is -2.16. The van der Waals surface area contributed by atoms with Gasteiger partial charge in [-0.3, -0.25) is 9.59 Å². The van der Waals surface area contributed by atoms with E-state index in [-0.39, 0.29) is 25.7 Å². The highest BCUT2D eigenvalue weighted by Crippen LogP contribution is 2.32. The Morgan fingerprint density at radius 1 is 0.929 bits per heavy atom. The molecule has 1 amide bonds. The number of ether oxygens (including phenoxy) is 3. The highest BCUT2D eigenvalue weighted by atomic mass is 16.7. The summed E-state index contributed by atoms with van der Waals surface area (Å²) in [6.45, 7) is 0.261. The van der Waals surface area contributed by atoms with Gasteiger partial charge in [-0.1, -0.05) is 24.3 Å². The Hall–Kier alpha value is -3.02. The zero-order valence-corrected chi connectivity index (χ0v) is 15.7. The third-order valence-electron chi connectivity index (χ3n) is 5.05. The summed E-state index contributed by atoms with van der Waals surface area (Å²) >= 11 is 0. The van der Waals surface area contributed by atoms with Crippen molar-refractivity contribution in [1.82, 2.24) is 5.32 Å². The fraction of sp³-hybridized carbons (Fsp3) is 0.364. The van der Waals surface area contributed by atoms with Crippen LogP contribution >= 0.6 is 0 Å². The lowest BCUT2D eigenvalue weighted by Crippen LogP contribution is -2.28. The summed E-state index contributed by atoms with van der Waals surface area (Å²) in [5.74, 6) is 0.639. The molecule has 4 rings (SSSR count). The Morgan fingerprint density at radius 2 is 1.71 bits per heavy atom. The summed E-state index contributed by atoms with van der Waals surface area (Å²) < 4.78 is 15.7. The van der Waals surface area contributed by atoms with Gasteiger partial charge in [-0.25, -0.2) is 0 Å². The van der Waals surface area contributed by atoms with Crippen molar-refractivity contribution in [3.05, 3.63) is 58.7 Å². The van der Waals surface area contributed by atoms with Gasteiger partial charge in [-0.2, -0.15) is 0 Å². The van der Waals surface area contributed by atoms with Gasteiger partial charge in [-0.05, 0) is 60.1 Å². The average Bonchev–Trinajstić information content (AvgIpc) is 3.18. The van der Waals surface area contributed by atoms with Crippen LogP contribution in [0, 0.1) is 0 Å². The molecule has 0 aromatic heterocycles. The van der Waals surface area contributed by atoms with Crippen molar-refractivity contribution in [2.45, 2.75) is 38.6 Å². The fourth-order valence-corrected chi connectivity index (χ4v) is 3.56. The van der Waals surface area contributed by atoms with E-state index in [4.69, 9.17) is 14.2 Å². The smallest absolute Gasteiger partial charge is 0.310 e. The van der Waals surface area contributed by atoms with Crippen LogP contribution in [-0.2, 0) is 40.1 Å². The Labute approximate surface area is 163 Å². The molecule has 1 aliphatic carbocycles. The van der Waals surface area contributed by atoms with Gasteiger partial charge < -0.3 is 19.5 Å². The SMILES string of the molecule is O=C(COC(=O)Cc1ccc2c(c1)CCCC2)NCc1ccc2c(c1)OCO2. The molecule has 1 N–H and O–H groups in total. The summed E-state index contributed by atoms with van der Waals surface area (Å²) in [5, 5.41) is 2.74. The number of carbonyl (C=O) groups is 2. The molecule has 2 aliphatic rings. The minimum Gasteiger partial charge on any atom is -0.455 e. The van der Waals surface area contributed by atoms with E-state index >= 15 is 0 Å². The molecule has 0 atom stereocenters. The Bertz CT molecular complexity index is 892. The second-order valence-corrected chi connectivity index (χ2v) is 7.11. The molecule has 0 radical (unpaired) electrons. The van der Waals surface area contributed by atoms with Crippen LogP contribution in [0.15, 0.2) is 36.4 Å². The molecular weight excluding hydrogens is 358 g/mol. The number of esters is 1. The minimum atomic E-state index is -0.394. The molecule has 0 saturated carbocycles. The summed E-state index contributed by atoms with van der Waals surface area (Å²) in [6, 6.07) is 11.7. The largest absolute Gasteiger partial charge is 0.455 e. The van der Waals surface area contributed by atoms with Crippen molar-refractivity contribution < 1.29 is 23.8 Å². The molecule has 0 bridgehead atoms. The van der Waals surface area contributed by atoms with Gasteiger partial charge in [0.15, 0.2) is 18.1 Å². The quantitative estimate of drug-likeness (QED) is 0.779. The van der Waals surface area contributed by atoms with Crippen molar-refractivity contribution in [2.24, 2.45) is 0 Å². The van der Waals surface area contributed by atoms with Gasteiger partial charge in [0.25, 0.3) is 5.91 Å². The summed E-state index contributed by atoms with van der Waals surface area (Å²) in [5.41, 5.74) is 4.54. The highest BCUT2D eigenvalue weighted by molar-refractivity contribution is 5.81. The Balaban J connectivity index is 1.21. The minimum absolute atomic E-state index is 0.183. The molecule has 0 unspecified atom stereocenters. The molecule has 2 aromatic rings. The Morgan fingerprint density at radius 3 is 2.61 bits per heavy atom. The number of carbonyl (C=O) groups excluding carboxylic acids is 2. The molecule has 0 saturated heterocycles. The average molecular weight is 381 g/mol. The molecule has 6 nitrogen and oxygen atoms in total. The van der Waals surface area contributed by atoms with Crippen molar-refractivity contribution >= 4 is 11.9 Å². The standard InChI is InChI=1S/C22H23NO5/c24-21(23-12-16-6-8-19-20(10-16)28-14-27-19)13-26-22(25)11-15-5-7-17-3-1-2-4-18(17)9-15/h5-10H,1-4,11-14H2,(H,23,24). The molecule has 6 heteroatoms. The molecular formula is C22H23NO5. The third kappa shape index (κ3) is 4.44. The molecule has 0 spiro atoms. The predicted molar refractivity (Wildman–Crippen MR) is 102 cm³/mol. The van der Waals surface area contributed by atoms with Crippen molar-refractivity contribution in [3.63, 3.8) is 0 Å². The normalized spacial score (nSPS) is 14.3. The maximum atomic E-state index is 12.1. The molecule has 28 heavy (non-hydrogen) atoms. The van der Waals surface area contributed by atoms with E-state index in [1.807, 2.05) is 24.3 Å². The zero-order valence-electron chi connectivity index (χ0n) is 15.7.